The van der Waals surface area contributed by atoms with Crippen molar-refractivity contribution in [2.75, 3.05) is 37.6 Å². The highest BCUT2D eigenvalue weighted by Crippen LogP contribution is 2.34. The number of likely N-dealkylation sites (N-methyl/N-ethyl adjacent to an activating group) is 1. The summed E-state index contributed by atoms with van der Waals surface area (Å²) in [6.45, 7) is 9.48. The van der Waals surface area contributed by atoms with Crippen molar-refractivity contribution in [3.8, 4) is 0 Å². The molecule has 4 rings (SSSR count). The number of amides is 1. The number of nitrogens with zero attached hydrogens (tertiary/aromatic N) is 4. The topological polar surface area (TPSA) is 73.8 Å². The normalized spacial score (nSPS) is 16.8. The molecule has 10 heteroatoms. The Labute approximate surface area is 222 Å². The van der Waals surface area contributed by atoms with Gasteiger partial charge in [0.1, 0.15) is 6.04 Å². The monoisotopic (exact) mass is 548 g/mol. The first-order chi connectivity index (χ1) is 17.3. The smallest absolute Gasteiger partial charge is 0.247 e. The lowest BCUT2D eigenvalue weighted by atomic mass is 10.1. The fraction of sp³-hybridized carbons (Fsp3) is 0.462. The SMILES string of the molecule is CCc1cccc2sc(N(CCN(CC)CC)C(=O)C3CCCN3S(=O)(=O)c3ccc(Cl)cc3)nc12. The van der Waals surface area contributed by atoms with E-state index in [1.807, 2.05) is 12.1 Å². The number of carbonyl (C=O) groups excluding carboxylic acids is 1. The molecular formula is C26H33ClN4O3S2. The van der Waals surface area contributed by atoms with Crippen LogP contribution < -0.4 is 4.90 Å². The number of fused-ring (bicyclic) bond motifs is 1. The fourth-order valence-corrected chi connectivity index (χ4v) is 7.49. The first-order valence-electron chi connectivity index (χ1n) is 12.5. The Hall–Kier alpha value is -2.04. The standard InChI is InChI=1S/C26H33ClN4O3S2/c1-4-19-9-7-11-23-24(19)28-26(35-23)30(18-17-29(5-2)6-3)25(32)22-10-8-16-31(22)36(33,34)21-14-12-20(27)13-15-21/h7,9,11-15,22H,4-6,8,10,16-18H2,1-3H3. The van der Waals surface area contributed by atoms with Crippen molar-refractivity contribution in [3.05, 3.63) is 53.1 Å². The van der Waals surface area contributed by atoms with E-state index < -0.39 is 16.1 Å². The molecule has 0 aliphatic carbocycles. The van der Waals surface area contributed by atoms with Crippen LogP contribution in [0.5, 0.6) is 0 Å². The summed E-state index contributed by atoms with van der Waals surface area (Å²) in [4.78, 5) is 23.0. The summed E-state index contributed by atoms with van der Waals surface area (Å²) in [6, 6.07) is 11.4. The van der Waals surface area contributed by atoms with Gasteiger partial charge in [0.15, 0.2) is 5.13 Å². The van der Waals surface area contributed by atoms with Gasteiger partial charge in [-0.25, -0.2) is 13.4 Å². The molecule has 1 atom stereocenters. The minimum atomic E-state index is -3.84. The molecular weight excluding hydrogens is 516 g/mol. The number of sulfonamides is 1. The number of hydrogen-bond acceptors (Lipinski definition) is 6. The van der Waals surface area contributed by atoms with Gasteiger partial charge in [-0.2, -0.15) is 4.31 Å². The van der Waals surface area contributed by atoms with E-state index in [4.69, 9.17) is 16.6 Å². The van der Waals surface area contributed by atoms with E-state index in [1.165, 1.54) is 27.8 Å². The number of thiazole rings is 1. The van der Waals surface area contributed by atoms with E-state index in [2.05, 4.69) is 31.7 Å². The van der Waals surface area contributed by atoms with E-state index in [-0.39, 0.29) is 10.8 Å². The molecule has 0 bridgehead atoms. The van der Waals surface area contributed by atoms with Crippen LogP contribution in [-0.2, 0) is 21.2 Å². The number of para-hydroxylation sites is 1. The molecule has 7 nitrogen and oxygen atoms in total. The van der Waals surface area contributed by atoms with Crippen molar-refractivity contribution in [2.45, 2.75) is 51.0 Å². The Balaban J connectivity index is 1.69. The third kappa shape index (κ3) is 5.45. The summed E-state index contributed by atoms with van der Waals surface area (Å²) in [5, 5.41) is 1.09. The molecule has 1 aromatic heterocycles. The number of hydrogen-bond donors (Lipinski definition) is 0. The molecule has 194 valence electrons. The number of benzene rings is 2. The van der Waals surface area contributed by atoms with E-state index in [9.17, 15) is 13.2 Å². The molecule has 1 unspecified atom stereocenters. The molecule has 36 heavy (non-hydrogen) atoms. The molecule has 0 saturated carbocycles. The molecule has 1 amide bonds. The van der Waals surface area contributed by atoms with Crippen molar-refractivity contribution >= 4 is 54.2 Å². The molecule has 1 aliphatic rings. The number of anilines is 1. The summed E-state index contributed by atoms with van der Waals surface area (Å²) >= 11 is 7.46. The highest BCUT2D eigenvalue weighted by Gasteiger charge is 2.42. The van der Waals surface area contributed by atoms with Crippen LogP contribution in [0.3, 0.4) is 0 Å². The van der Waals surface area contributed by atoms with Crippen LogP contribution >= 0.6 is 22.9 Å². The van der Waals surface area contributed by atoms with Crippen LogP contribution in [0.4, 0.5) is 5.13 Å². The summed E-state index contributed by atoms with van der Waals surface area (Å²) < 4.78 is 29.4. The molecule has 3 aromatic rings. The molecule has 0 radical (unpaired) electrons. The maximum atomic E-state index is 14.1. The molecule has 1 saturated heterocycles. The average Bonchev–Trinajstić information content (AvgIpc) is 3.54. The van der Waals surface area contributed by atoms with Crippen molar-refractivity contribution in [1.82, 2.24) is 14.2 Å². The lowest BCUT2D eigenvalue weighted by molar-refractivity contribution is -0.121. The van der Waals surface area contributed by atoms with Gasteiger partial charge >= 0.3 is 0 Å². The highest BCUT2D eigenvalue weighted by atomic mass is 35.5. The van der Waals surface area contributed by atoms with Gasteiger partial charge in [0.2, 0.25) is 15.9 Å². The summed E-state index contributed by atoms with van der Waals surface area (Å²) in [5.74, 6) is -0.214. The Morgan fingerprint density at radius 2 is 1.83 bits per heavy atom. The van der Waals surface area contributed by atoms with Crippen molar-refractivity contribution in [2.24, 2.45) is 0 Å². The second-order valence-electron chi connectivity index (χ2n) is 8.86. The first kappa shape index (κ1) is 27.0. The van der Waals surface area contributed by atoms with Gasteiger partial charge in [-0.3, -0.25) is 9.69 Å². The van der Waals surface area contributed by atoms with Gasteiger partial charge in [-0.05, 0) is 68.2 Å². The van der Waals surface area contributed by atoms with Crippen LogP contribution in [0.15, 0.2) is 47.4 Å². The summed E-state index contributed by atoms with van der Waals surface area (Å²) in [5.41, 5.74) is 2.05. The van der Waals surface area contributed by atoms with Gasteiger partial charge in [-0.1, -0.05) is 55.8 Å². The molecule has 2 heterocycles. The van der Waals surface area contributed by atoms with Gasteiger partial charge in [0.25, 0.3) is 0 Å². The Morgan fingerprint density at radius 1 is 1.11 bits per heavy atom. The zero-order chi connectivity index (χ0) is 25.9. The van der Waals surface area contributed by atoms with E-state index in [0.29, 0.717) is 42.6 Å². The third-order valence-corrected chi connectivity index (χ3v) is 10.0. The lowest BCUT2D eigenvalue weighted by Gasteiger charge is -2.30. The molecule has 0 spiro atoms. The van der Waals surface area contributed by atoms with Crippen LogP contribution in [0.25, 0.3) is 10.2 Å². The fourth-order valence-electron chi connectivity index (χ4n) is 4.67. The van der Waals surface area contributed by atoms with E-state index in [0.717, 1.165) is 35.3 Å². The number of aromatic nitrogens is 1. The maximum Gasteiger partial charge on any atom is 0.247 e. The minimum Gasteiger partial charge on any atom is -0.302 e. The summed E-state index contributed by atoms with van der Waals surface area (Å²) in [7, 11) is -3.84. The number of rotatable bonds is 10. The maximum absolute atomic E-state index is 14.1. The Kier molecular flexibility index (Phi) is 8.67. The minimum absolute atomic E-state index is 0.147. The molecule has 2 aromatic carbocycles. The van der Waals surface area contributed by atoms with Crippen molar-refractivity contribution in [3.63, 3.8) is 0 Å². The molecule has 1 aliphatic heterocycles. The van der Waals surface area contributed by atoms with E-state index in [1.54, 1.807) is 17.0 Å². The predicted molar refractivity (Wildman–Crippen MR) is 148 cm³/mol. The number of halogens is 1. The average molecular weight is 549 g/mol. The predicted octanol–water partition coefficient (Wildman–Crippen LogP) is 5.04. The third-order valence-electron chi connectivity index (χ3n) is 6.81. The van der Waals surface area contributed by atoms with E-state index >= 15 is 0 Å². The number of aryl methyl sites for hydroxylation is 1. The van der Waals surface area contributed by atoms with Crippen LogP contribution in [0.1, 0.15) is 39.2 Å². The Bertz CT molecular complexity index is 1310. The van der Waals surface area contributed by atoms with Gasteiger partial charge < -0.3 is 4.90 Å². The van der Waals surface area contributed by atoms with Crippen LogP contribution in [0.2, 0.25) is 5.02 Å². The first-order valence-corrected chi connectivity index (χ1v) is 15.1. The van der Waals surface area contributed by atoms with Crippen molar-refractivity contribution < 1.29 is 13.2 Å². The van der Waals surface area contributed by atoms with Crippen molar-refractivity contribution in [1.29, 1.82) is 0 Å². The van der Waals surface area contributed by atoms with Crippen LogP contribution in [-0.4, -0.2) is 67.3 Å². The summed E-state index contributed by atoms with van der Waals surface area (Å²) in [6.07, 6.45) is 1.97. The van der Waals surface area contributed by atoms with Gasteiger partial charge in [-0.15, -0.1) is 0 Å². The zero-order valence-corrected chi connectivity index (χ0v) is 23.4. The largest absolute Gasteiger partial charge is 0.302 e. The lowest BCUT2D eigenvalue weighted by Crippen LogP contribution is -2.49. The highest BCUT2D eigenvalue weighted by molar-refractivity contribution is 7.89. The number of carbonyl (C=O) groups is 1. The second kappa shape index (κ2) is 11.6. The quantitative estimate of drug-likeness (QED) is 0.355. The molecule has 0 N–H and O–H groups in total. The zero-order valence-electron chi connectivity index (χ0n) is 21.0. The Morgan fingerprint density at radius 3 is 2.50 bits per heavy atom. The second-order valence-corrected chi connectivity index (χ2v) is 12.2. The van der Waals surface area contributed by atoms with Gasteiger partial charge in [0, 0.05) is 24.7 Å². The van der Waals surface area contributed by atoms with Gasteiger partial charge in [0.05, 0.1) is 15.1 Å². The molecule has 1 fully saturated rings. The van der Waals surface area contributed by atoms with Crippen LogP contribution in [0, 0.1) is 0 Å².